The number of halogens is 1. The molecular formula is C15H18FN3O3S. The number of rotatable bonds is 6. The quantitative estimate of drug-likeness (QED) is 0.825. The first-order chi connectivity index (χ1) is 10.8. The standard InChI is InChI=1S/C15H18FN3O3S/c1-17-23(21,22)13-9-14(19(2)10-13)15(20)18-7-6-11-4-3-5-12(16)8-11/h3-5,8-10,17H,6-7H2,1-2H3,(H,18,20). The van der Waals surface area contributed by atoms with Crippen molar-refractivity contribution < 1.29 is 17.6 Å². The Morgan fingerprint density at radius 1 is 1.30 bits per heavy atom. The molecule has 2 rings (SSSR count). The molecule has 2 N–H and O–H groups in total. The van der Waals surface area contributed by atoms with Crippen molar-refractivity contribution in [2.45, 2.75) is 11.3 Å². The molecule has 8 heteroatoms. The monoisotopic (exact) mass is 339 g/mol. The minimum Gasteiger partial charge on any atom is -0.350 e. The van der Waals surface area contributed by atoms with Crippen LogP contribution in [0.3, 0.4) is 0 Å². The van der Waals surface area contributed by atoms with E-state index >= 15 is 0 Å². The van der Waals surface area contributed by atoms with Crippen LogP contribution in [0.15, 0.2) is 41.4 Å². The number of hydrogen-bond acceptors (Lipinski definition) is 3. The average molecular weight is 339 g/mol. The number of carbonyl (C=O) groups excluding carboxylic acids is 1. The third-order valence-electron chi connectivity index (χ3n) is 3.38. The smallest absolute Gasteiger partial charge is 0.267 e. The Bertz CT molecular complexity index is 815. The number of nitrogens with zero attached hydrogens (tertiary/aromatic N) is 1. The first kappa shape index (κ1) is 17.2. The molecule has 2 aromatic rings. The summed E-state index contributed by atoms with van der Waals surface area (Å²) in [4.78, 5) is 12.2. The number of aromatic nitrogens is 1. The Balaban J connectivity index is 2.01. The van der Waals surface area contributed by atoms with Gasteiger partial charge in [-0.25, -0.2) is 17.5 Å². The van der Waals surface area contributed by atoms with Crippen molar-refractivity contribution in [1.29, 1.82) is 0 Å². The molecule has 23 heavy (non-hydrogen) atoms. The van der Waals surface area contributed by atoms with Crippen LogP contribution in [0.2, 0.25) is 0 Å². The van der Waals surface area contributed by atoms with Gasteiger partial charge in [0.1, 0.15) is 16.4 Å². The third kappa shape index (κ3) is 4.17. The Morgan fingerprint density at radius 2 is 2.04 bits per heavy atom. The Hall–Kier alpha value is -2.19. The molecule has 0 fully saturated rings. The van der Waals surface area contributed by atoms with Gasteiger partial charge >= 0.3 is 0 Å². The van der Waals surface area contributed by atoms with E-state index in [1.807, 2.05) is 0 Å². The second-order valence-corrected chi connectivity index (χ2v) is 6.90. The lowest BCUT2D eigenvalue weighted by molar-refractivity contribution is 0.0946. The van der Waals surface area contributed by atoms with Gasteiger partial charge in [-0.1, -0.05) is 12.1 Å². The summed E-state index contributed by atoms with van der Waals surface area (Å²) in [7, 11) is -0.694. The third-order valence-corrected chi connectivity index (χ3v) is 4.76. The summed E-state index contributed by atoms with van der Waals surface area (Å²) in [6, 6.07) is 7.46. The van der Waals surface area contributed by atoms with E-state index in [4.69, 9.17) is 0 Å². The van der Waals surface area contributed by atoms with Crippen LogP contribution in [0, 0.1) is 5.82 Å². The van der Waals surface area contributed by atoms with Crippen molar-refractivity contribution in [2.75, 3.05) is 13.6 Å². The highest BCUT2D eigenvalue weighted by molar-refractivity contribution is 7.89. The van der Waals surface area contributed by atoms with Crippen molar-refractivity contribution in [3.05, 3.63) is 53.6 Å². The number of amides is 1. The molecule has 1 aromatic heterocycles. The first-order valence-corrected chi connectivity index (χ1v) is 8.44. The maximum absolute atomic E-state index is 13.1. The van der Waals surface area contributed by atoms with Crippen molar-refractivity contribution >= 4 is 15.9 Å². The second-order valence-electron chi connectivity index (χ2n) is 5.02. The zero-order chi connectivity index (χ0) is 17.0. The van der Waals surface area contributed by atoms with Gasteiger partial charge in [0.15, 0.2) is 0 Å². The summed E-state index contributed by atoms with van der Waals surface area (Å²) in [5.74, 6) is -0.709. The molecule has 0 atom stereocenters. The van der Waals surface area contributed by atoms with Crippen molar-refractivity contribution in [3.63, 3.8) is 0 Å². The van der Waals surface area contributed by atoms with E-state index in [2.05, 4.69) is 10.0 Å². The van der Waals surface area contributed by atoms with Crippen molar-refractivity contribution in [3.8, 4) is 0 Å². The zero-order valence-corrected chi connectivity index (χ0v) is 13.7. The summed E-state index contributed by atoms with van der Waals surface area (Å²) >= 11 is 0. The molecule has 0 aliphatic heterocycles. The SMILES string of the molecule is CNS(=O)(=O)c1cc(C(=O)NCCc2cccc(F)c2)n(C)c1. The molecule has 124 valence electrons. The van der Waals surface area contributed by atoms with Crippen molar-refractivity contribution in [2.24, 2.45) is 7.05 Å². The van der Waals surface area contributed by atoms with E-state index in [1.165, 1.54) is 36.0 Å². The molecule has 0 saturated heterocycles. The van der Waals surface area contributed by atoms with E-state index in [0.717, 1.165) is 5.56 Å². The largest absolute Gasteiger partial charge is 0.350 e. The van der Waals surface area contributed by atoms with Crippen LogP contribution < -0.4 is 10.0 Å². The van der Waals surface area contributed by atoms with Gasteiger partial charge in [0.25, 0.3) is 5.91 Å². The molecule has 1 heterocycles. The first-order valence-electron chi connectivity index (χ1n) is 6.96. The Labute approximate surface area is 134 Å². The van der Waals surface area contributed by atoms with Gasteiger partial charge in [-0.05, 0) is 37.2 Å². The van der Waals surface area contributed by atoms with Gasteiger partial charge < -0.3 is 9.88 Å². The summed E-state index contributed by atoms with van der Waals surface area (Å²) in [6.07, 6.45) is 1.85. The van der Waals surface area contributed by atoms with E-state index in [0.29, 0.717) is 13.0 Å². The number of carbonyl (C=O) groups is 1. The lowest BCUT2D eigenvalue weighted by Crippen LogP contribution is -2.27. The Kier molecular flexibility index (Phi) is 5.17. The number of nitrogens with one attached hydrogen (secondary N) is 2. The van der Waals surface area contributed by atoms with Gasteiger partial charge in [-0.2, -0.15) is 0 Å². The molecule has 0 bridgehead atoms. The lowest BCUT2D eigenvalue weighted by Gasteiger charge is -2.06. The molecule has 0 unspecified atom stereocenters. The van der Waals surface area contributed by atoms with Crippen molar-refractivity contribution in [1.82, 2.24) is 14.6 Å². The van der Waals surface area contributed by atoms with E-state index < -0.39 is 10.0 Å². The molecule has 0 aliphatic carbocycles. The molecule has 0 radical (unpaired) electrons. The summed E-state index contributed by atoms with van der Waals surface area (Å²) in [6.45, 7) is 0.321. The maximum atomic E-state index is 13.1. The zero-order valence-electron chi connectivity index (χ0n) is 12.8. The van der Waals surface area contributed by atoms with Crippen LogP contribution in [0.5, 0.6) is 0 Å². The normalized spacial score (nSPS) is 11.4. The highest BCUT2D eigenvalue weighted by Gasteiger charge is 2.18. The highest BCUT2D eigenvalue weighted by atomic mass is 32.2. The predicted molar refractivity (Wildman–Crippen MR) is 84.1 cm³/mol. The minimum absolute atomic E-state index is 0.0257. The second kappa shape index (κ2) is 6.93. The maximum Gasteiger partial charge on any atom is 0.267 e. The van der Waals surface area contributed by atoms with Crippen LogP contribution in [0.1, 0.15) is 16.1 Å². The predicted octanol–water partition coefficient (Wildman–Crippen LogP) is 1.04. The fourth-order valence-electron chi connectivity index (χ4n) is 2.13. The number of aryl methyl sites for hydroxylation is 1. The van der Waals surface area contributed by atoms with Gasteiger partial charge in [-0.3, -0.25) is 4.79 Å². The molecule has 6 nitrogen and oxygen atoms in total. The number of benzene rings is 1. The van der Waals surface area contributed by atoms with Crippen LogP contribution >= 0.6 is 0 Å². The average Bonchev–Trinajstić information content (AvgIpc) is 2.90. The molecule has 0 saturated carbocycles. The van der Waals surface area contributed by atoms with Crippen LogP contribution in [-0.4, -0.2) is 32.5 Å². The summed E-state index contributed by atoms with van der Waals surface area (Å²) < 4.78 is 40.2. The van der Waals surface area contributed by atoms with Gasteiger partial charge in [-0.15, -0.1) is 0 Å². The lowest BCUT2D eigenvalue weighted by atomic mass is 10.1. The number of hydrogen-bond donors (Lipinski definition) is 2. The number of sulfonamides is 1. The van der Waals surface area contributed by atoms with Gasteiger partial charge in [0, 0.05) is 19.8 Å². The molecular weight excluding hydrogens is 321 g/mol. The van der Waals surface area contributed by atoms with E-state index in [-0.39, 0.29) is 22.3 Å². The van der Waals surface area contributed by atoms with Crippen LogP contribution in [-0.2, 0) is 23.5 Å². The van der Waals surface area contributed by atoms with E-state index in [9.17, 15) is 17.6 Å². The van der Waals surface area contributed by atoms with Crippen LogP contribution in [0.4, 0.5) is 4.39 Å². The molecule has 0 spiro atoms. The fourth-order valence-corrected chi connectivity index (χ4v) is 2.93. The fraction of sp³-hybridized carbons (Fsp3) is 0.267. The van der Waals surface area contributed by atoms with Gasteiger partial charge in [0.05, 0.1) is 0 Å². The molecule has 0 aliphatic rings. The minimum atomic E-state index is -3.59. The molecule has 1 amide bonds. The summed E-state index contributed by atoms with van der Waals surface area (Å²) in [5, 5.41) is 2.69. The van der Waals surface area contributed by atoms with E-state index in [1.54, 1.807) is 19.2 Å². The highest BCUT2D eigenvalue weighted by Crippen LogP contribution is 2.13. The summed E-state index contributed by atoms with van der Waals surface area (Å²) in [5.41, 5.74) is 1.01. The van der Waals surface area contributed by atoms with Gasteiger partial charge in [0.2, 0.25) is 10.0 Å². The topological polar surface area (TPSA) is 80.2 Å². The Morgan fingerprint density at radius 3 is 2.70 bits per heavy atom. The molecule has 1 aromatic carbocycles. The van der Waals surface area contributed by atoms with Crippen LogP contribution in [0.25, 0.3) is 0 Å².